The molecule has 1 heterocycles. The zero-order valence-corrected chi connectivity index (χ0v) is 19.9. The molecule has 1 N–H and O–H groups in total. The fourth-order valence-electron chi connectivity index (χ4n) is 4.39. The average molecular weight is 466 g/mol. The van der Waals surface area contributed by atoms with E-state index in [1.165, 1.54) is 6.42 Å². The summed E-state index contributed by atoms with van der Waals surface area (Å²) in [6, 6.07) is 12.6. The predicted molar refractivity (Wildman–Crippen MR) is 130 cm³/mol. The van der Waals surface area contributed by atoms with Gasteiger partial charge in [-0.2, -0.15) is 0 Å². The lowest BCUT2D eigenvalue weighted by Gasteiger charge is -2.31. The van der Waals surface area contributed by atoms with Crippen LogP contribution in [-0.2, 0) is 9.59 Å². The van der Waals surface area contributed by atoms with Crippen molar-refractivity contribution in [2.75, 3.05) is 17.3 Å². The van der Waals surface area contributed by atoms with E-state index < -0.39 is 11.8 Å². The first-order chi connectivity index (χ1) is 15.8. The number of carbonyl (C=O) groups excluding carboxylic acids is 3. The molecule has 0 unspecified atom stereocenters. The number of nitrogens with one attached hydrogen (secondary N) is 1. The summed E-state index contributed by atoms with van der Waals surface area (Å²) >= 11 is 6.24. The Morgan fingerprint density at radius 2 is 1.64 bits per heavy atom. The van der Waals surface area contributed by atoms with Gasteiger partial charge in [-0.05, 0) is 74.2 Å². The van der Waals surface area contributed by atoms with Crippen LogP contribution in [0.3, 0.4) is 0 Å². The van der Waals surface area contributed by atoms with Crippen LogP contribution in [0.1, 0.15) is 53.6 Å². The Labute approximate surface area is 199 Å². The van der Waals surface area contributed by atoms with Crippen LogP contribution < -0.4 is 10.2 Å². The van der Waals surface area contributed by atoms with Crippen molar-refractivity contribution in [2.45, 2.75) is 52.0 Å². The number of aryl methyl sites for hydroxylation is 2. The quantitative estimate of drug-likeness (QED) is 0.620. The van der Waals surface area contributed by atoms with Crippen molar-refractivity contribution in [1.82, 2.24) is 4.90 Å². The van der Waals surface area contributed by atoms with E-state index in [1.54, 1.807) is 36.4 Å². The van der Waals surface area contributed by atoms with Crippen molar-refractivity contribution >= 4 is 40.7 Å². The zero-order chi connectivity index (χ0) is 23.7. The van der Waals surface area contributed by atoms with E-state index in [2.05, 4.69) is 5.32 Å². The van der Waals surface area contributed by atoms with E-state index in [-0.39, 0.29) is 22.7 Å². The molecule has 172 valence electrons. The maximum Gasteiger partial charge on any atom is 0.283 e. The zero-order valence-electron chi connectivity index (χ0n) is 19.2. The molecule has 2 aromatic carbocycles. The first-order valence-electron chi connectivity index (χ1n) is 11.3. The van der Waals surface area contributed by atoms with Gasteiger partial charge in [-0.25, -0.2) is 4.90 Å². The largest absolute Gasteiger partial charge is 0.350 e. The minimum atomic E-state index is -0.562. The second-order valence-electron chi connectivity index (χ2n) is 8.81. The van der Waals surface area contributed by atoms with Gasteiger partial charge in [0.15, 0.2) is 0 Å². The lowest BCUT2D eigenvalue weighted by Crippen LogP contribution is -2.38. The van der Waals surface area contributed by atoms with Crippen molar-refractivity contribution in [3.63, 3.8) is 0 Å². The highest BCUT2D eigenvalue weighted by Gasteiger charge is 2.39. The van der Waals surface area contributed by atoms with Gasteiger partial charge in [0.2, 0.25) is 0 Å². The van der Waals surface area contributed by atoms with Crippen molar-refractivity contribution < 1.29 is 14.4 Å². The molecule has 1 aliphatic heterocycles. The van der Waals surface area contributed by atoms with Gasteiger partial charge in [0, 0.05) is 24.3 Å². The summed E-state index contributed by atoms with van der Waals surface area (Å²) in [6.07, 6.45) is 5.64. The third kappa shape index (κ3) is 4.53. The topological polar surface area (TPSA) is 69.7 Å². The smallest absolute Gasteiger partial charge is 0.283 e. The minimum Gasteiger partial charge on any atom is -0.350 e. The van der Waals surface area contributed by atoms with Crippen LogP contribution in [0.4, 0.5) is 11.4 Å². The molecule has 0 saturated heterocycles. The van der Waals surface area contributed by atoms with Crippen LogP contribution in [0.25, 0.3) is 0 Å². The number of rotatable bonds is 5. The number of hydrogen-bond acceptors (Lipinski definition) is 4. The fraction of sp³-hybridized carbons (Fsp3) is 0.346. The summed E-state index contributed by atoms with van der Waals surface area (Å²) in [5, 5.41) is 2.81. The molecular weight excluding hydrogens is 438 g/mol. The Morgan fingerprint density at radius 3 is 2.27 bits per heavy atom. The lowest BCUT2D eigenvalue weighted by atomic mass is 9.94. The van der Waals surface area contributed by atoms with Crippen LogP contribution in [0.5, 0.6) is 0 Å². The second-order valence-corrected chi connectivity index (χ2v) is 9.19. The fourth-order valence-corrected chi connectivity index (χ4v) is 4.60. The summed E-state index contributed by atoms with van der Waals surface area (Å²) in [4.78, 5) is 41.5. The van der Waals surface area contributed by atoms with Crippen molar-refractivity contribution in [1.29, 1.82) is 0 Å². The summed E-state index contributed by atoms with van der Waals surface area (Å²) in [5.41, 5.74) is 3.71. The van der Waals surface area contributed by atoms with Crippen LogP contribution >= 0.6 is 11.6 Å². The maximum absolute atomic E-state index is 13.0. The van der Waals surface area contributed by atoms with E-state index in [1.807, 2.05) is 31.9 Å². The number of imide groups is 1. The molecular formula is C26H28ClN3O3. The highest BCUT2D eigenvalue weighted by molar-refractivity contribution is 6.53. The summed E-state index contributed by atoms with van der Waals surface area (Å²) in [5.74, 6) is -1.09. The van der Waals surface area contributed by atoms with Crippen molar-refractivity contribution in [2.24, 2.45) is 0 Å². The Bertz CT molecular complexity index is 1130. The van der Waals surface area contributed by atoms with Gasteiger partial charge in [0.1, 0.15) is 10.7 Å². The Hall–Kier alpha value is -3.12. The first kappa shape index (κ1) is 23.1. The van der Waals surface area contributed by atoms with Gasteiger partial charge in [-0.15, -0.1) is 0 Å². The van der Waals surface area contributed by atoms with Gasteiger partial charge in [0.25, 0.3) is 17.7 Å². The molecule has 0 aromatic heterocycles. The molecule has 1 aliphatic carbocycles. The third-order valence-corrected chi connectivity index (χ3v) is 6.97. The number of hydrogen-bond donors (Lipinski definition) is 1. The normalized spacial score (nSPS) is 17.0. The molecule has 0 radical (unpaired) electrons. The minimum absolute atomic E-state index is 0.0151. The van der Waals surface area contributed by atoms with Crippen LogP contribution in [0.15, 0.2) is 53.2 Å². The van der Waals surface area contributed by atoms with Crippen molar-refractivity contribution in [3.8, 4) is 0 Å². The summed E-state index contributed by atoms with van der Waals surface area (Å²) in [6.45, 7) is 3.89. The molecule has 2 aliphatic rings. The molecule has 1 saturated carbocycles. The Morgan fingerprint density at radius 1 is 0.970 bits per heavy atom. The number of benzene rings is 2. The average Bonchev–Trinajstić information content (AvgIpc) is 3.04. The number of carbonyl (C=O) groups is 3. The molecule has 4 rings (SSSR count). The van der Waals surface area contributed by atoms with Crippen molar-refractivity contribution in [3.05, 3.63) is 69.9 Å². The summed E-state index contributed by atoms with van der Waals surface area (Å²) < 4.78 is 0. The third-order valence-electron chi connectivity index (χ3n) is 6.62. The monoisotopic (exact) mass is 465 g/mol. The van der Waals surface area contributed by atoms with Crippen LogP contribution in [0.2, 0.25) is 0 Å². The van der Waals surface area contributed by atoms with Crippen LogP contribution in [-0.4, -0.2) is 35.7 Å². The van der Waals surface area contributed by atoms with Gasteiger partial charge in [-0.3, -0.25) is 14.4 Å². The highest BCUT2D eigenvalue weighted by Crippen LogP contribution is 2.31. The van der Waals surface area contributed by atoms with E-state index in [0.29, 0.717) is 16.9 Å². The Kier molecular flexibility index (Phi) is 6.56. The van der Waals surface area contributed by atoms with Gasteiger partial charge < -0.3 is 10.2 Å². The molecule has 7 heteroatoms. The second kappa shape index (κ2) is 9.40. The highest BCUT2D eigenvalue weighted by atomic mass is 35.5. The summed E-state index contributed by atoms with van der Waals surface area (Å²) in [7, 11) is 1.86. The molecule has 6 nitrogen and oxygen atoms in total. The van der Waals surface area contributed by atoms with E-state index in [4.69, 9.17) is 11.6 Å². The molecule has 0 spiro atoms. The molecule has 1 fully saturated rings. The molecule has 0 atom stereocenters. The number of amides is 3. The first-order valence-corrected chi connectivity index (χ1v) is 11.7. The van der Waals surface area contributed by atoms with E-state index >= 15 is 0 Å². The predicted octanol–water partition coefficient (Wildman–Crippen LogP) is 5.14. The van der Waals surface area contributed by atoms with E-state index in [9.17, 15) is 14.4 Å². The lowest BCUT2D eigenvalue weighted by molar-refractivity contribution is -0.120. The van der Waals surface area contributed by atoms with Gasteiger partial charge in [0.05, 0.1) is 5.69 Å². The number of anilines is 2. The number of halogens is 1. The molecule has 3 amide bonds. The molecule has 0 bridgehead atoms. The Balaban J connectivity index is 1.48. The standard InChI is InChI=1S/C26H28ClN3O3/c1-16-9-14-21(15-17(16)2)30-25(32)22(27)23(26(30)33)28-19-12-10-18(11-13-19)24(31)29(3)20-7-5-4-6-8-20/h9-15,20,28H,4-8H2,1-3H3. The van der Waals surface area contributed by atoms with Crippen LogP contribution in [0, 0.1) is 13.8 Å². The van der Waals surface area contributed by atoms with Gasteiger partial charge >= 0.3 is 0 Å². The SMILES string of the molecule is Cc1ccc(N2C(=O)C(Cl)=C(Nc3ccc(C(=O)N(C)C4CCCCC4)cc3)C2=O)cc1C. The van der Waals surface area contributed by atoms with E-state index in [0.717, 1.165) is 41.7 Å². The molecule has 33 heavy (non-hydrogen) atoms. The maximum atomic E-state index is 13.0. The van der Waals surface area contributed by atoms with Gasteiger partial charge in [-0.1, -0.05) is 36.9 Å². The number of nitrogens with zero attached hydrogens (tertiary/aromatic N) is 2. The molecule has 2 aromatic rings.